The Bertz CT molecular complexity index is 487. The minimum atomic E-state index is -1.17. The number of hydrogen-bond donors (Lipinski definition) is 0. The topological polar surface area (TPSA) is 94.5 Å². The number of alkyl halides is 3. The van der Waals surface area contributed by atoms with Crippen molar-refractivity contribution in [3.8, 4) is 11.8 Å². The molecule has 28 heavy (non-hydrogen) atoms. The van der Waals surface area contributed by atoms with Crippen molar-refractivity contribution in [3.63, 3.8) is 0 Å². The van der Waals surface area contributed by atoms with E-state index in [-0.39, 0.29) is 34.2 Å². The van der Waals surface area contributed by atoms with Gasteiger partial charge in [0, 0.05) is 5.92 Å². The van der Waals surface area contributed by atoms with E-state index in [4.69, 9.17) is 0 Å². The molecule has 3 aliphatic rings. The molecule has 3 nitrogen and oxygen atoms in total. The molecule has 0 spiro atoms. The maximum absolute atomic E-state index is 14.7. The summed E-state index contributed by atoms with van der Waals surface area (Å²) < 4.78 is 42.9. The Morgan fingerprint density at radius 1 is 0.607 bits per heavy atom. The average molecular weight is 409 g/mol. The molecular formula is C22H39F3O3. The first-order valence-electron chi connectivity index (χ1n) is 10.4. The van der Waals surface area contributed by atoms with Crippen LogP contribution in [0.15, 0.2) is 0 Å². The van der Waals surface area contributed by atoms with Crippen LogP contribution in [0.5, 0.6) is 0 Å². The molecule has 6 N–H and O–H groups in total. The molecule has 166 valence electrons. The smallest absolute Gasteiger partial charge is 0.117 e. The number of rotatable bonds is 1. The van der Waals surface area contributed by atoms with E-state index >= 15 is 0 Å². The summed E-state index contributed by atoms with van der Waals surface area (Å²) >= 11 is 0. The van der Waals surface area contributed by atoms with Gasteiger partial charge in [-0.15, -0.1) is 0 Å². The SMILES string of the molecule is CC1CCC(C2CCC(C#CC3C(F)CC(C)CC3F)CC2F)CC1.O.O.O. The quantitative estimate of drug-likeness (QED) is 0.590. The van der Waals surface area contributed by atoms with Crippen molar-refractivity contribution < 1.29 is 29.6 Å². The van der Waals surface area contributed by atoms with Crippen LogP contribution >= 0.6 is 0 Å². The monoisotopic (exact) mass is 408 g/mol. The van der Waals surface area contributed by atoms with Gasteiger partial charge in [0.2, 0.25) is 0 Å². The molecule has 0 aromatic carbocycles. The summed E-state index contributed by atoms with van der Waals surface area (Å²) in [5, 5.41) is 0. The van der Waals surface area contributed by atoms with Crippen LogP contribution in [0.25, 0.3) is 0 Å². The van der Waals surface area contributed by atoms with E-state index in [1.165, 1.54) is 12.8 Å². The van der Waals surface area contributed by atoms with Gasteiger partial charge in [-0.1, -0.05) is 38.5 Å². The van der Waals surface area contributed by atoms with Gasteiger partial charge in [-0.05, 0) is 68.6 Å². The highest BCUT2D eigenvalue weighted by Crippen LogP contribution is 2.42. The Balaban J connectivity index is 0.00000243. The van der Waals surface area contributed by atoms with E-state index in [1.54, 1.807) is 0 Å². The molecule has 6 heteroatoms. The lowest BCUT2D eigenvalue weighted by Gasteiger charge is -2.38. The van der Waals surface area contributed by atoms with Gasteiger partial charge >= 0.3 is 0 Å². The second kappa shape index (κ2) is 12.0. The molecule has 5 unspecified atom stereocenters. The molecular weight excluding hydrogens is 369 g/mol. The summed E-state index contributed by atoms with van der Waals surface area (Å²) in [6, 6.07) is 0. The Hall–Kier alpha value is -0.770. The van der Waals surface area contributed by atoms with Crippen LogP contribution in [-0.4, -0.2) is 34.9 Å². The van der Waals surface area contributed by atoms with Gasteiger partial charge < -0.3 is 16.4 Å². The summed E-state index contributed by atoms with van der Waals surface area (Å²) in [4.78, 5) is 0. The van der Waals surface area contributed by atoms with Gasteiger partial charge in [-0.25, -0.2) is 13.2 Å². The lowest BCUT2D eigenvalue weighted by Crippen LogP contribution is -2.34. The zero-order valence-electron chi connectivity index (χ0n) is 17.2. The first-order valence-corrected chi connectivity index (χ1v) is 10.4. The summed E-state index contributed by atoms with van der Waals surface area (Å²) in [5.74, 6) is 6.70. The predicted molar refractivity (Wildman–Crippen MR) is 107 cm³/mol. The standard InChI is InChI=1S/C22H33F3.3H2O/c1-14-3-7-17(8-4-14)18-9-5-16(13-22(18)25)6-10-19-20(23)11-15(2)12-21(19)24;;;/h14-22H,3-5,7-9,11-13H2,1-2H3;3*1H2. The molecule has 0 bridgehead atoms. The maximum atomic E-state index is 14.7. The molecule has 5 atom stereocenters. The molecule has 0 radical (unpaired) electrons. The third kappa shape index (κ3) is 6.64. The van der Waals surface area contributed by atoms with Crippen LogP contribution in [0, 0.1) is 47.3 Å². The van der Waals surface area contributed by atoms with Crippen molar-refractivity contribution in [2.24, 2.45) is 35.5 Å². The van der Waals surface area contributed by atoms with Gasteiger partial charge in [-0.3, -0.25) is 0 Å². The van der Waals surface area contributed by atoms with Crippen LogP contribution in [0.1, 0.15) is 71.6 Å². The Morgan fingerprint density at radius 2 is 1.18 bits per heavy atom. The van der Waals surface area contributed by atoms with Crippen LogP contribution in [0.4, 0.5) is 13.2 Å². The lowest BCUT2D eigenvalue weighted by atomic mass is 9.68. The molecule has 0 aliphatic heterocycles. The van der Waals surface area contributed by atoms with Gasteiger partial charge in [-0.2, -0.15) is 0 Å². The fraction of sp³-hybridized carbons (Fsp3) is 0.909. The fourth-order valence-corrected chi connectivity index (χ4v) is 5.29. The van der Waals surface area contributed by atoms with Crippen LogP contribution in [-0.2, 0) is 0 Å². The van der Waals surface area contributed by atoms with Crippen molar-refractivity contribution in [2.75, 3.05) is 0 Å². The first-order chi connectivity index (χ1) is 11.9. The summed E-state index contributed by atoms with van der Waals surface area (Å²) in [7, 11) is 0. The Kier molecular flexibility index (Phi) is 11.7. The largest absolute Gasteiger partial charge is 0.412 e. The third-order valence-electron chi connectivity index (χ3n) is 6.98. The summed E-state index contributed by atoms with van der Waals surface area (Å²) in [6.45, 7) is 4.18. The van der Waals surface area contributed by atoms with Crippen molar-refractivity contribution in [1.29, 1.82) is 0 Å². The Morgan fingerprint density at radius 3 is 1.71 bits per heavy atom. The Labute approximate surface area is 167 Å². The maximum Gasteiger partial charge on any atom is 0.117 e. The minimum absolute atomic E-state index is 0. The average Bonchev–Trinajstić information content (AvgIpc) is 2.55. The minimum Gasteiger partial charge on any atom is -0.412 e. The molecule has 3 rings (SSSR count). The van der Waals surface area contributed by atoms with Crippen LogP contribution in [0.3, 0.4) is 0 Å². The highest BCUT2D eigenvalue weighted by molar-refractivity contribution is 5.13. The first kappa shape index (κ1) is 27.2. The second-order valence-electron chi connectivity index (χ2n) is 9.13. The second-order valence-corrected chi connectivity index (χ2v) is 9.13. The highest BCUT2D eigenvalue weighted by Gasteiger charge is 2.38. The van der Waals surface area contributed by atoms with E-state index in [0.29, 0.717) is 25.2 Å². The van der Waals surface area contributed by atoms with Gasteiger partial charge in [0.1, 0.15) is 18.5 Å². The molecule has 3 aliphatic carbocycles. The van der Waals surface area contributed by atoms with Gasteiger partial charge in [0.15, 0.2) is 0 Å². The number of hydrogen-bond acceptors (Lipinski definition) is 0. The highest BCUT2D eigenvalue weighted by atomic mass is 19.1. The zero-order valence-corrected chi connectivity index (χ0v) is 17.2. The molecule has 3 saturated carbocycles. The van der Waals surface area contributed by atoms with E-state index in [0.717, 1.165) is 31.6 Å². The lowest BCUT2D eigenvalue weighted by molar-refractivity contribution is 0.0706. The molecule has 0 aromatic heterocycles. The van der Waals surface area contributed by atoms with E-state index in [9.17, 15) is 13.2 Å². The van der Waals surface area contributed by atoms with Crippen molar-refractivity contribution in [2.45, 2.75) is 90.1 Å². The van der Waals surface area contributed by atoms with Gasteiger partial charge in [0.05, 0.1) is 5.92 Å². The molecule has 0 aromatic rings. The summed E-state index contributed by atoms with van der Waals surface area (Å²) in [6.07, 6.45) is 4.69. The fourth-order valence-electron chi connectivity index (χ4n) is 5.29. The van der Waals surface area contributed by atoms with Crippen molar-refractivity contribution in [1.82, 2.24) is 0 Å². The third-order valence-corrected chi connectivity index (χ3v) is 6.98. The van der Waals surface area contributed by atoms with Gasteiger partial charge in [0.25, 0.3) is 0 Å². The zero-order chi connectivity index (χ0) is 18.0. The molecule has 3 fully saturated rings. The van der Waals surface area contributed by atoms with Crippen molar-refractivity contribution >= 4 is 0 Å². The summed E-state index contributed by atoms with van der Waals surface area (Å²) in [5.41, 5.74) is 0. The normalized spacial score (nSPS) is 43.2. The van der Waals surface area contributed by atoms with E-state index in [1.807, 2.05) is 6.92 Å². The number of halogens is 3. The van der Waals surface area contributed by atoms with E-state index in [2.05, 4.69) is 18.8 Å². The van der Waals surface area contributed by atoms with E-state index < -0.39 is 24.4 Å². The van der Waals surface area contributed by atoms with Crippen LogP contribution in [0.2, 0.25) is 0 Å². The molecule has 0 heterocycles. The molecule has 0 saturated heterocycles. The van der Waals surface area contributed by atoms with Crippen molar-refractivity contribution in [3.05, 3.63) is 0 Å². The molecule has 0 amide bonds. The predicted octanol–water partition coefficient (Wildman–Crippen LogP) is 3.82. The van der Waals surface area contributed by atoms with Crippen LogP contribution < -0.4 is 0 Å².